The number of aromatic amines is 1. The summed E-state index contributed by atoms with van der Waals surface area (Å²) in [6, 6.07) is 8.08. The van der Waals surface area contributed by atoms with Crippen LogP contribution in [0.25, 0.3) is 11.0 Å². The maximum absolute atomic E-state index is 4.53. The first-order valence-corrected chi connectivity index (χ1v) is 5.47. The predicted octanol–water partition coefficient (Wildman–Crippen LogP) is 1.91. The van der Waals surface area contributed by atoms with Crippen LogP contribution in [0.5, 0.6) is 0 Å². The van der Waals surface area contributed by atoms with Crippen LogP contribution in [0, 0.1) is 0 Å². The average molecular weight is 227 g/mol. The molecule has 0 amide bonds. The number of aryl methyl sites for hydroxylation is 1. The molecule has 1 aromatic carbocycles. The molecule has 86 valence electrons. The monoisotopic (exact) mass is 227 g/mol. The molecule has 0 atom stereocenters. The molecule has 0 saturated heterocycles. The number of fused-ring (bicyclic) bond motifs is 1. The molecule has 0 radical (unpaired) electrons. The van der Waals surface area contributed by atoms with Crippen LogP contribution in [0.15, 0.2) is 36.8 Å². The summed E-state index contributed by atoms with van der Waals surface area (Å²) in [6.07, 6.45) is 3.47. The fourth-order valence-electron chi connectivity index (χ4n) is 1.86. The molecule has 0 spiro atoms. The summed E-state index contributed by atoms with van der Waals surface area (Å²) in [5.74, 6) is 0.862. The lowest BCUT2D eigenvalue weighted by molar-refractivity contribution is 0.920. The second-order valence-electron chi connectivity index (χ2n) is 3.91. The van der Waals surface area contributed by atoms with Crippen LogP contribution in [0.1, 0.15) is 5.69 Å². The highest BCUT2D eigenvalue weighted by Crippen LogP contribution is 2.17. The van der Waals surface area contributed by atoms with Gasteiger partial charge in [-0.15, -0.1) is 0 Å². The average Bonchev–Trinajstić information content (AvgIpc) is 2.96. The lowest BCUT2D eigenvalue weighted by Gasteiger charge is -2.04. The van der Waals surface area contributed by atoms with E-state index in [0.717, 1.165) is 22.7 Å². The van der Waals surface area contributed by atoms with Gasteiger partial charge < -0.3 is 14.9 Å². The quantitative estimate of drug-likeness (QED) is 0.718. The summed E-state index contributed by atoms with van der Waals surface area (Å²) < 4.78 is 2.05. The summed E-state index contributed by atoms with van der Waals surface area (Å²) in [5.41, 5.74) is 3.17. The van der Waals surface area contributed by atoms with Gasteiger partial charge in [0.1, 0.15) is 0 Å². The van der Waals surface area contributed by atoms with Crippen LogP contribution in [0.4, 0.5) is 5.95 Å². The second kappa shape index (κ2) is 3.93. The van der Waals surface area contributed by atoms with Crippen molar-refractivity contribution in [2.45, 2.75) is 6.54 Å². The van der Waals surface area contributed by atoms with Crippen molar-refractivity contribution >= 4 is 17.0 Å². The van der Waals surface area contributed by atoms with Crippen LogP contribution >= 0.6 is 0 Å². The molecule has 5 heteroatoms. The van der Waals surface area contributed by atoms with E-state index in [0.29, 0.717) is 6.54 Å². The normalized spacial score (nSPS) is 10.9. The first-order valence-electron chi connectivity index (χ1n) is 5.47. The van der Waals surface area contributed by atoms with Crippen molar-refractivity contribution in [1.82, 2.24) is 19.5 Å². The van der Waals surface area contributed by atoms with E-state index in [1.54, 1.807) is 12.5 Å². The minimum atomic E-state index is 0.692. The molecular formula is C12H13N5. The number of nitrogens with zero attached hydrogens (tertiary/aromatic N) is 3. The standard InChI is InChI=1S/C12H13N5/c1-17-11-5-3-2-4-10(11)16-12(17)14-7-9-6-13-8-15-9/h2-6,8H,7H2,1H3,(H,13,15)(H,14,16). The summed E-state index contributed by atoms with van der Waals surface area (Å²) in [4.78, 5) is 11.6. The molecular weight excluding hydrogens is 214 g/mol. The minimum absolute atomic E-state index is 0.692. The number of anilines is 1. The molecule has 3 rings (SSSR count). The van der Waals surface area contributed by atoms with Crippen molar-refractivity contribution in [3.05, 3.63) is 42.5 Å². The van der Waals surface area contributed by atoms with Crippen molar-refractivity contribution in [3.63, 3.8) is 0 Å². The number of aromatic nitrogens is 4. The largest absolute Gasteiger partial charge is 0.350 e. The Hall–Kier alpha value is -2.30. The third-order valence-corrected chi connectivity index (χ3v) is 2.78. The number of H-pyrrole nitrogens is 1. The van der Waals surface area contributed by atoms with Crippen LogP contribution in [0.3, 0.4) is 0 Å². The zero-order chi connectivity index (χ0) is 11.7. The number of nitrogens with one attached hydrogen (secondary N) is 2. The molecule has 3 aromatic rings. The summed E-state index contributed by atoms with van der Waals surface area (Å²) in [5, 5.41) is 3.29. The van der Waals surface area contributed by atoms with Gasteiger partial charge in [-0.2, -0.15) is 0 Å². The smallest absolute Gasteiger partial charge is 0.203 e. The van der Waals surface area contributed by atoms with Gasteiger partial charge in [-0.3, -0.25) is 0 Å². The van der Waals surface area contributed by atoms with Gasteiger partial charge >= 0.3 is 0 Å². The number of hydrogen-bond acceptors (Lipinski definition) is 3. The summed E-state index contributed by atoms with van der Waals surface area (Å²) >= 11 is 0. The molecule has 2 aromatic heterocycles. The van der Waals surface area contributed by atoms with Crippen molar-refractivity contribution < 1.29 is 0 Å². The number of para-hydroxylation sites is 2. The van der Waals surface area contributed by atoms with Crippen molar-refractivity contribution in [3.8, 4) is 0 Å². The van der Waals surface area contributed by atoms with Crippen LogP contribution < -0.4 is 5.32 Å². The molecule has 0 aliphatic carbocycles. The first-order chi connectivity index (χ1) is 8.34. The topological polar surface area (TPSA) is 58.5 Å². The maximum Gasteiger partial charge on any atom is 0.203 e. The van der Waals surface area contributed by atoms with Crippen molar-refractivity contribution in [1.29, 1.82) is 0 Å². The Labute approximate surface area is 98.5 Å². The molecule has 0 aliphatic rings. The highest BCUT2D eigenvalue weighted by Gasteiger charge is 2.06. The number of hydrogen-bond donors (Lipinski definition) is 2. The second-order valence-corrected chi connectivity index (χ2v) is 3.91. The van der Waals surface area contributed by atoms with E-state index in [1.165, 1.54) is 0 Å². The fourth-order valence-corrected chi connectivity index (χ4v) is 1.86. The van der Waals surface area contributed by atoms with Gasteiger partial charge in [-0.25, -0.2) is 9.97 Å². The molecule has 2 N–H and O–H groups in total. The van der Waals surface area contributed by atoms with Crippen LogP contribution in [-0.2, 0) is 13.6 Å². The Morgan fingerprint density at radius 1 is 1.35 bits per heavy atom. The SMILES string of the molecule is Cn1c(NCc2cnc[nH]2)nc2ccccc21. The number of rotatable bonds is 3. The third-order valence-electron chi connectivity index (χ3n) is 2.78. The van der Waals surface area contributed by atoms with Gasteiger partial charge in [0.05, 0.1) is 29.6 Å². The lowest BCUT2D eigenvalue weighted by Crippen LogP contribution is -2.05. The molecule has 0 saturated carbocycles. The van der Waals surface area contributed by atoms with Crippen LogP contribution in [-0.4, -0.2) is 19.5 Å². The van der Waals surface area contributed by atoms with E-state index in [2.05, 4.69) is 26.3 Å². The highest BCUT2D eigenvalue weighted by atomic mass is 15.2. The van der Waals surface area contributed by atoms with E-state index in [-0.39, 0.29) is 0 Å². The Kier molecular flexibility index (Phi) is 2.29. The Bertz CT molecular complexity index is 623. The zero-order valence-electron chi connectivity index (χ0n) is 9.51. The summed E-state index contributed by atoms with van der Waals surface area (Å²) in [6.45, 7) is 0.692. The Morgan fingerprint density at radius 2 is 2.24 bits per heavy atom. The Balaban J connectivity index is 1.88. The number of benzene rings is 1. The molecule has 2 heterocycles. The molecule has 0 bridgehead atoms. The van der Waals surface area contributed by atoms with E-state index < -0.39 is 0 Å². The predicted molar refractivity (Wildman–Crippen MR) is 66.6 cm³/mol. The van der Waals surface area contributed by atoms with Gasteiger partial charge in [0.2, 0.25) is 5.95 Å². The third kappa shape index (κ3) is 1.75. The van der Waals surface area contributed by atoms with Crippen molar-refractivity contribution in [2.75, 3.05) is 5.32 Å². The van der Waals surface area contributed by atoms with E-state index in [9.17, 15) is 0 Å². The highest BCUT2D eigenvalue weighted by molar-refractivity contribution is 5.78. The zero-order valence-corrected chi connectivity index (χ0v) is 9.51. The maximum atomic E-state index is 4.53. The summed E-state index contributed by atoms with van der Waals surface area (Å²) in [7, 11) is 2.00. The first kappa shape index (κ1) is 9.89. The van der Waals surface area contributed by atoms with Crippen LogP contribution in [0.2, 0.25) is 0 Å². The Morgan fingerprint density at radius 3 is 3.00 bits per heavy atom. The molecule has 0 fully saturated rings. The molecule has 0 aliphatic heterocycles. The fraction of sp³-hybridized carbons (Fsp3) is 0.167. The van der Waals surface area contributed by atoms with E-state index in [1.807, 2.05) is 29.8 Å². The van der Waals surface area contributed by atoms with Crippen molar-refractivity contribution in [2.24, 2.45) is 7.05 Å². The number of imidazole rings is 2. The van der Waals surface area contributed by atoms with Gasteiger partial charge in [0.25, 0.3) is 0 Å². The molecule has 0 unspecified atom stereocenters. The lowest BCUT2D eigenvalue weighted by atomic mass is 10.3. The van der Waals surface area contributed by atoms with Gasteiger partial charge in [-0.05, 0) is 12.1 Å². The van der Waals surface area contributed by atoms with Gasteiger partial charge in [-0.1, -0.05) is 12.1 Å². The van der Waals surface area contributed by atoms with E-state index >= 15 is 0 Å². The van der Waals surface area contributed by atoms with Gasteiger partial charge in [0, 0.05) is 13.2 Å². The minimum Gasteiger partial charge on any atom is -0.350 e. The van der Waals surface area contributed by atoms with E-state index in [4.69, 9.17) is 0 Å². The molecule has 5 nitrogen and oxygen atoms in total. The molecule has 17 heavy (non-hydrogen) atoms. The van der Waals surface area contributed by atoms with Gasteiger partial charge in [0.15, 0.2) is 0 Å².